The van der Waals surface area contributed by atoms with Crippen LogP contribution in [-0.2, 0) is 11.3 Å². The number of nitrogens with zero attached hydrogens (tertiary/aromatic N) is 2. The van der Waals surface area contributed by atoms with Crippen molar-refractivity contribution in [3.63, 3.8) is 0 Å². The molecule has 118 valence electrons. The number of nitrogens with one attached hydrogen (secondary N) is 1. The Morgan fingerprint density at radius 1 is 1.27 bits per heavy atom. The van der Waals surface area contributed by atoms with Crippen molar-refractivity contribution in [1.82, 2.24) is 14.9 Å². The number of rotatable bonds is 5. The summed E-state index contributed by atoms with van der Waals surface area (Å²) in [7, 11) is 2.15. The lowest BCUT2D eigenvalue weighted by Crippen LogP contribution is -2.33. The van der Waals surface area contributed by atoms with Crippen LogP contribution in [0.4, 0.5) is 0 Å². The van der Waals surface area contributed by atoms with E-state index in [0.29, 0.717) is 6.10 Å². The van der Waals surface area contributed by atoms with Crippen molar-refractivity contribution in [2.24, 2.45) is 0 Å². The fraction of sp³-hybridized carbons (Fsp3) is 0.500. The zero-order valence-electron chi connectivity index (χ0n) is 13.5. The molecule has 0 radical (unpaired) electrons. The van der Waals surface area contributed by atoms with Crippen molar-refractivity contribution < 1.29 is 4.74 Å². The molecule has 4 nitrogen and oxygen atoms in total. The van der Waals surface area contributed by atoms with E-state index < -0.39 is 0 Å². The first kappa shape index (κ1) is 15.3. The summed E-state index contributed by atoms with van der Waals surface area (Å²) in [5, 5.41) is 0. The predicted octanol–water partition coefficient (Wildman–Crippen LogP) is 3.39. The summed E-state index contributed by atoms with van der Waals surface area (Å²) < 4.78 is 5.82. The van der Waals surface area contributed by atoms with Crippen LogP contribution in [0.15, 0.2) is 30.3 Å². The van der Waals surface area contributed by atoms with Crippen molar-refractivity contribution in [1.29, 1.82) is 0 Å². The van der Waals surface area contributed by atoms with E-state index in [9.17, 15) is 0 Å². The van der Waals surface area contributed by atoms with E-state index in [1.807, 2.05) is 18.2 Å². The van der Waals surface area contributed by atoms with Gasteiger partial charge in [-0.05, 0) is 33.2 Å². The van der Waals surface area contributed by atoms with Gasteiger partial charge in [-0.3, -0.25) is 4.90 Å². The largest absolute Gasteiger partial charge is 0.377 e. The summed E-state index contributed by atoms with van der Waals surface area (Å²) in [4.78, 5) is 10.5. The highest BCUT2D eigenvalue weighted by atomic mass is 16.5. The Morgan fingerprint density at radius 3 is 2.82 bits per heavy atom. The zero-order valence-corrected chi connectivity index (χ0v) is 13.5. The van der Waals surface area contributed by atoms with Crippen LogP contribution in [0.3, 0.4) is 0 Å². The number of aromatic nitrogens is 2. The number of benzene rings is 1. The van der Waals surface area contributed by atoms with Gasteiger partial charge in [-0.1, -0.05) is 30.3 Å². The monoisotopic (exact) mass is 299 g/mol. The van der Waals surface area contributed by atoms with Crippen LogP contribution >= 0.6 is 0 Å². The van der Waals surface area contributed by atoms with Crippen molar-refractivity contribution in [2.75, 3.05) is 20.2 Å². The zero-order chi connectivity index (χ0) is 15.4. The second kappa shape index (κ2) is 7.07. The molecule has 0 aliphatic carbocycles. The van der Waals surface area contributed by atoms with E-state index >= 15 is 0 Å². The quantitative estimate of drug-likeness (QED) is 0.920. The van der Waals surface area contributed by atoms with Crippen LogP contribution in [0, 0.1) is 6.92 Å². The predicted molar refractivity (Wildman–Crippen MR) is 88.7 cm³/mol. The summed E-state index contributed by atoms with van der Waals surface area (Å²) in [5.74, 6) is 0.954. The molecule has 0 bridgehead atoms. The SMILES string of the molecule is Cc1[nH]c(-c2ccccc2)nc1CN(C)C[C@H]1CCCCO1. The molecule has 1 aromatic heterocycles. The molecule has 22 heavy (non-hydrogen) atoms. The molecule has 1 saturated heterocycles. The topological polar surface area (TPSA) is 41.2 Å². The molecule has 1 atom stereocenters. The second-order valence-corrected chi connectivity index (χ2v) is 6.21. The number of H-pyrrole nitrogens is 1. The number of hydrogen-bond acceptors (Lipinski definition) is 3. The van der Waals surface area contributed by atoms with Crippen LogP contribution < -0.4 is 0 Å². The first-order valence-corrected chi connectivity index (χ1v) is 8.13. The molecule has 2 aromatic rings. The highest BCUT2D eigenvalue weighted by Crippen LogP contribution is 2.19. The first-order chi connectivity index (χ1) is 10.7. The minimum Gasteiger partial charge on any atom is -0.377 e. The van der Waals surface area contributed by atoms with Crippen molar-refractivity contribution >= 4 is 0 Å². The lowest BCUT2D eigenvalue weighted by Gasteiger charge is -2.27. The Kier molecular flexibility index (Phi) is 4.90. The average Bonchev–Trinajstić information content (AvgIpc) is 2.90. The molecule has 0 unspecified atom stereocenters. The summed E-state index contributed by atoms with van der Waals surface area (Å²) in [5.41, 5.74) is 3.41. The Bertz CT molecular complexity index is 588. The van der Waals surface area contributed by atoms with Gasteiger partial charge in [-0.15, -0.1) is 0 Å². The number of aromatic amines is 1. The van der Waals surface area contributed by atoms with Gasteiger partial charge in [0.2, 0.25) is 0 Å². The van der Waals surface area contributed by atoms with E-state index in [4.69, 9.17) is 9.72 Å². The minimum absolute atomic E-state index is 0.381. The number of aryl methyl sites for hydroxylation is 1. The van der Waals surface area contributed by atoms with E-state index in [2.05, 4.69) is 36.0 Å². The summed E-state index contributed by atoms with van der Waals surface area (Å²) in [6, 6.07) is 10.3. The average molecular weight is 299 g/mol. The maximum Gasteiger partial charge on any atom is 0.137 e. The highest BCUT2D eigenvalue weighted by molar-refractivity contribution is 5.55. The van der Waals surface area contributed by atoms with Gasteiger partial charge in [-0.25, -0.2) is 4.98 Å². The Hall–Kier alpha value is -1.65. The number of hydrogen-bond donors (Lipinski definition) is 1. The van der Waals surface area contributed by atoms with E-state index in [0.717, 1.165) is 42.5 Å². The molecule has 0 spiro atoms. The highest BCUT2D eigenvalue weighted by Gasteiger charge is 2.17. The lowest BCUT2D eigenvalue weighted by atomic mass is 10.1. The standard InChI is InChI=1S/C18H25N3O/c1-14-17(13-21(2)12-16-10-6-7-11-22-16)20-18(19-14)15-8-4-3-5-9-15/h3-5,8-9,16H,6-7,10-13H2,1-2H3,(H,19,20)/t16-/m1/s1. The Morgan fingerprint density at radius 2 is 2.09 bits per heavy atom. The smallest absolute Gasteiger partial charge is 0.137 e. The van der Waals surface area contributed by atoms with Gasteiger partial charge in [0.25, 0.3) is 0 Å². The third kappa shape index (κ3) is 3.76. The van der Waals surface area contributed by atoms with Crippen LogP contribution in [0.1, 0.15) is 30.7 Å². The van der Waals surface area contributed by atoms with Crippen molar-refractivity contribution in [2.45, 2.75) is 38.8 Å². The van der Waals surface area contributed by atoms with Gasteiger partial charge >= 0.3 is 0 Å². The van der Waals surface area contributed by atoms with Gasteiger partial charge in [-0.2, -0.15) is 0 Å². The van der Waals surface area contributed by atoms with Crippen molar-refractivity contribution in [3.05, 3.63) is 41.7 Å². The summed E-state index contributed by atoms with van der Waals surface area (Å²) in [6.45, 7) is 4.85. The lowest BCUT2D eigenvalue weighted by molar-refractivity contribution is -0.00275. The molecule has 3 rings (SSSR count). The molecule has 1 aliphatic heterocycles. The van der Waals surface area contributed by atoms with Crippen LogP contribution in [0.2, 0.25) is 0 Å². The summed E-state index contributed by atoms with van der Waals surface area (Å²) in [6.07, 6.45) is 4.06. The molecule has 1 fully saturated rings. The maximum atomic E-state index is 5.82. The van der Waals surface area contributed by atoms with Gasteiger partial charge in [0.1, 0.15) is 5.82 Å². The van der Waals surface area contributed by atoms with E-state index in [1.165, 1.54) is 19.3 Å². The maximum absolute atomic E-state index is 5.82. The minimum atomic E-state index is 0.381. The van der Waals surface area contributed by atoms with Gasteiger partial charge < -0.3 is 9.72 Å². The van der Waals surface area contributed by atoms with E-state index in [1.54, 1.807) is 0 Å². The van der Waals surface area contributed by atoms with Crippen LogP contribution in [0.5, 0.6) is 0 Å². The van der Waals surface area contributed by atoms with Crippen LogP contribution in [0.25, 0.3) is 11.4 Å². The van der Waals surface area contributed by atoms with Crippen LogP contribution in [-0.4, -0.2) is 41.2 Å². The fourth-order valence-corrected chi connectivity index (χ4v) is 3.00. The molecule has 0 saturated carbocycles. The molecule has 0 amide bonds. The molecule has 2 heterocycles. The Balaban J connectivity index is 1.63. The number of ether oxygens (including phenoxy) is 1. The van der Waals surface area contributed by atoms with Gasteiger partial charge in [0, 0.05) is 31.0 Å². The number of likely N-dealkylation sites (N-methyl/N-ethyl adjacent to an activating group) is 1. The molecular weight excluding hydrogens is 274 g/mol. The molecule has 1 N–H and O–H groups in total. The Labute approximate surface area is 132 Å². The second-order valence-electron chi connectivity index (χ2n) is 6.21. The fourth-order valence-electron chi connectivity index (χ4n) is 3.00. The third-order valence-electron chi connectivity index (χ3n) is 4.24. The van der Waals surface area contributed by atoms with Crippen molar-refractivity contribution in [3.8, 4) is 11.4 Å². The molecular formula is C18H25N3O. The molecule has 1 aromatic carbocycles. The molecule has 4 heteroatoms. The van der Waals surface area contributed by atoms with Gasteiger partial charge in [0.05, 0.1) is 11.8 Å². The third-order valence-corrected chi connectivity index (χ3v) is 4.24. The summed E-state index contributed by atoms with van der Waals surface area (Å²) >= 11 is 0. The first-order valence-electron chi connectivity index (χ1n) is 8.13. The molecule has 1 aliphatic rings. The van der Waals surface area contributed by atoms with E-state index in [-0.39, 0.29) is 0 Å². The number of imidazole rings is 1. The van der Waals surface area contributed by atoms with Gasteiger partial charge in [0.15, 0.2) is 0 Å². The normalized spacial score (nSPS) is 18.8.